The van der Waals surface area contributed by atoms with Crippen LogP contribution in [-0.4, -0.2) is 25.9 Å². The summed E-state index contributed by atoms with van der Waals surface area (Å²) in [6, 6.07) is 13.8. The van der Waals surface area contributed by atoms with E-state index in [1.54, 1.807) is 48.5 Å². The fraction of sp³-hybridized carbons (Fsp3) is 0.0588. The number of hydrogen-bond donors (Lipinski definition) is 3. The van der Waals surface area contributed by atoms with E-state index in [2.05, 4.69) is 10.3 Å². The molecule has 134 valence electrons. The summed E-state index contributed by atoms with van der Waals surface area (Å²) in [5.41, 5.74) is 0.574. The number of rotatable bonds is 6. The largest absolute Gasteiger partial charge is 0.457 e. The molecule has 0 fully saturated rings. The van der Waals surface area contributed by atoms with Gasteiger partial charge in [0.05, 0.1) is 0 Å². The van der Waals surface area contributed by atoms with Crippen molar-refractivity contribution in [1.82, 2.24) is 9.55 Å². The highest BCUT2D eigenvalue weighted by Gasteiger charge is 2.11. The van der Waals surface area contributed by atoms with E-state index in [0.29, 0.717) is 22.2 Å². The maximum absolute atomic E-state index is 12.1. The molecule has 1 heterocycles. The minimum Gasteiger partial charge on any atom is -0.457 e. The molecule has 9 heteroatoms. The van der Waals surface area contributed by atoms with E-state index in [0.717, 1.165) is 0 Å². The number of benzene rings is 2. The molecule has 1 amide bonds. The second-order valence-corrected chi connectivity index (χ2v) is 5.71. The molecular formula is C17H15ClN4O4. The Morgan fingerprint density at radius 2 is 1.73 bits per heavy atom. The first-order valence-electron chi connectivity index (χ1n) is 7.53. The van der Waals surface area contributed by atoms with Crippen LogP contribution in [-0.2, 0) is 11.3 Å². The van der Waals surface area contributed by atoms with Gasteiger partial charge in [0.15, 0.2) is 0 Å². The minimum atomic E-state index is -0.350. The maximum Gasteiger partial charge on any atom is 0.258 e. The quantitative estimate of drug-likeness (QED) is 0.570. The van der Waals surface area contributed by atoms with Gasteiger partial charge in [0.25, 0.3) is 5.95 Å². The number of anilines is 2. The lowest BCUT2D eigenvalue weighted by molar-refractivity contribution is -0.116. The van der Waals surface area contributed by atoms with E-state index in [9.17, 15) is 4.79 Å². The first kappa shape index (κ1) is 17.7. The topological polar surface area (TPSA) is 99.9 Å². The first-order valence-corrected chi connectivity index (χ1v) is 7.91. The Hall–Kier alpha value is -3.07. The highest BCUT2D eigenvalue weighted by Crippen LogP contribution is 2.24. The number of imidazole rings is 1. The SMILES string of the molecule is O=C(Cn1ccnc1N(O)O)Nc1ccc(Oc2ccc(Cl)cc2)cc1. The molecule has 0 aliphatic carbocycles. The van der Waals surface area contributed by atoms with Crippen LogP contribution in [0.25, 0.3) is 0 Å². The van der Waals surface area contributed by atoms with E-state index < -0.39 is 0 Å². The molecule has 3 N–H and O–H groups in total. The smallest absolute Gasteiger partial charge is 0.258 e. The molecule has 0 aliphatic rings. The molecule has 0 radical (unpaired) electrons. The zero-order valence-electron chi connectivity index (χ0n) is 13.4. The van der Waals surface area contributed by atoms with E-state index in [4.69, 9.17) is 26.8 Å². The predicted octanol–water partition coefficient (Wildman–Crippen LogP) is 3.55. The Labute approximate surface area is 153 Å². The van der Waals surface area contributed by atoms with Crippen LogP contribution >= 0.6 is 11.6 Å². The van der Waals surface area contributed by atoms with Gasteiger partial charge in [0, 0.05) is 23.1 Å². The monoisotopic (exact) mass is 374 g/mol. The van der Waals surface area contributed by atoms with Crippen LogP contribution in [0.1, 0.15) is 0 Å². The van der Waals surface area contributed by atoms with Crippen molar-refractivity contribution >= 4 is 29.1 Å². The maximum atomic E-state index is 12.1. The van der Waals surface area contributed by atoms with Gasteiger partial charge in [-0.1, -0.05) is 16.8 Å². The number of halogens is 1. The third-order valence-corrected chi connectivity index (χ3v) is 3.63. The van der Waals surface area contributed by atoms with Crippen molar-refractivity contribution in [2.45, 2.75) is 6.54 Å². The number of nitrogens with one attached hydrogen (secondary N) is 1. The Balaban J connectivity index is 1.59. The van der Waals surface area contributed by atoms with Gasteiger partial charge >= 0.3 is 0 Å². The van der Waals surface area contributed by atoms with Gasteiger partial charge in [-0.2, -0.15) is 0 Å². The molecule has 0 atom stereocenters. The van der Waals surface area contributed by atoms with Crippen molar-refractivity contribution in [2.24, 2.45) is 0 Å². The third-order valence-electron chi connectivity index (χ3n) is 3.37. The van der Waals surface area contributed by atoms with Crippen molar-refractivity contribution in [3.63, 3.8) is 0 Å². The average Bonchev–Trinajstić information content (AvgIpc) is 3.07. The zero-order chi connectivity index (χ0) is 18.5. The van der Waals surface area contributed by atoms with Crippen molar-refractivity contribution < 1.29 is 19.9 Å². The lowest BCUT2D eigenvalue weighted by Crippen LogP contribution is -2.23. The van der Waals surface area contributed by atoms with Crippen LogP contribution in [0.3, 0.4) is 0 Å². The first-order chi connectivity index (χ1) is 12.5. The molecule has 0 bridgehead atoms. The number of aromatic nitrogens is 2. The number of amides is 1. The van der Waals surface area contributed by atoms with Crippen LogP contribution in [0, 0.1) is 0 Å². The molecule has 3 aromatic rings. The van der Waals surface area contributed by atoms with E-state index in [1.807, 2.05) is 0 Å². The standard InChI is InChI=1S/C17H15ClN4O4/c18-12-1-5-14(6-2-12)26-15-7-3-13(4-8-15)20-16(23)11-21-10-9-19-17(21)22(24)25/h1-10,24-25H,11H2,(H,20,23). The van der Waals surface area contributed by atoms with Crippen LogP contribution in [0.5, 0.6) is 11.5 Å². The van der Waals surface area contributed by atoms with E-state index in [-0.39, 0.29) is 23.6 Å². The van der Waals surface area contributed by atoms with Crippen molar-refractivity contribution in [1.29, 1.82) is 0 Å². The molecule has 2 aromatic carbocycles. The van der Waals surface area contributed by atoms with Crippen LogP contribution in [0.15, 0.2) is 60.9 Å². The molecule has 0 spiro atoms. The number of nitrogens with zero attached hydrogens (tertiary/aromatic N) is 3. The molecule has 0 saturated heterocycles. The van der Waals surface area contributed by atoms with Crippen LogP contribution in [0.4, 0.5) is 11.6 Å². The zero-order valence-corrected chi connectivity index (χ0v) is 14.2. The van der Waals surface area contributed by atoms with Gasteiger partial charge in [-0.3, -0.25) is 15.2 Å². The van der Waals surface area contributed by atoms with Gasteiger partial charge in [-0.25, -0.2) is 4.98 Å². The van der Waals surface area contributed by atoms with Gasteiger partial charge in [-0.05, 0) is 48.5 Å². The van der Waals surface area contributed by atoms with Gasteiger partial charge in [0.2, 0.25) is 5.91 Å². The lowest BCUT2D eigenvalue weighted by Gasteiger charge is -2.11. The van der Waals surface area contributed by atoms with Crippen molar-refractivity contribution in [2.75, 3.05) is 10.5 Å². The Morgan fingerprint density at radius 1 is 1.12 bits per heavy atom. The van der Waals surface area contributed by atoms with Crippen molar-refractivity contribution in [3.05, 3.63) is 65.9 Å². The molecule has 0 aliphatic heterocycles. The summed E-state index contributed by atoms with van der Waals surface area (Å²) in [5, 5.41) is 21.2. The number of hydrogen-bond acceptors (Lipinski definition) is 6. The second-order valence-electron chi connectivity index (χ2n) is 5.27. The average molecular weight is 375 g/mol. The van der Waals surface area contributed by atoms with Gasteiger partial charge < -0.3 is 14.6 Å². The molecule has 3 rings (SSSR count). The summed E-state index contributed by atoms with van der Waals surface area (Å²) >= 11 is 5.83. The number of ether oxygens (including phenoxy) is 1. The van der Waals surface area contributed by atoms with Crippen molar-refractivity contribution in [3.8, 4) is 11.5 Å². The third kappa shape index (κ3) is 4.51. The minimum absolute atomic E-state index is 0.129. The highest BCUT2D eigenvalue weighted by atomic mass is 35.5. The Morgan fingerprint density at radius 3 is 2.35 bits per heavy atom. The summed E-state index contributed by atoms with van der Waals surface area (Å²) in [4.78, 5) is 15.8. The van der Waals surface area contributed by atoms with E-state index in [1.165, 1.54) is 17.0 Å². The molecule has 26 heavy (non-hydrogen) atoms. The normalized spacial score (nSPS) is 10.4. The lowest BCUT2D eigenvalue weighted by atomic mass is 10.3. The molecule has 0 unspecified atom stereocenters. The highest BCUT2D eigenvalue weighted by molar-refractivity contribution is 6.30. The Kier molecular flexibility index (Phi) is 5.37. The van der Waals surface area contributed by atoms with Gasteiger partial charge in [0.1, 0.15) is 18.0 Å². The fourth-order valence-electron chi connectivity index (χ4n) is 2.21. The number of carbonyl (C=O) groups excluding carboxylic acids is 1. The summed E-state index contributed by atoms with van der Waals surface area (Å²) < 4.78 is 6.96. The second kappa shape index (κ2) is 7.87. The molecule has 8 nitrogen and oxygen atoms in total. The summed E-state index contributed by atoms with van der Waals surface area (Å²) in [5.74, 6) is 0.749. The molecule has 0 saturated carbocycles. The molecular weight excluding hydrogens is 360 g/mol. The predicted molar refractivity (Wildman–Crippen MR) is 94.9 cm³/mol. The Bertz CT molecular complexity index is 879. The van der Waals surface area contributed by atoms with Crippen LogP contribution < -0.4 is 15.3 Å². The summed E-state index contributed by atoms with van der Waals surface area (Å²) in [7, 11) is 0. The fourth-order valence-corrected chi connectivity index (χ4v) is 2.34. The van der Waals surface area contributed by atoms with Gasteiger partial charge in [-0.15, -0.1) is 0 Å². The van der Waals surface area contributed by atoms with E-state index >= 15 is 0 Å². The summed E-state index contributed by atoms with van der Waals surface area (Å²) in [6.45, 7) is -0.129. The van der Waals surface area contributed by atoms with Crippen LogP contribution in [0.2, 0.25) is 5.02 Å². The molecule has 1 aromatic heterocycles. The summed E-state index contributed by atoms with van der Waals surface area (Å²) in [6.07, 6.45) is 2.81. The number of carbonyl (C=O) groups is 1.